The molecule has 0 unspecified atom stereocenters. The molecule has 0 amide bonds. The van der Waals surface area contributed by atoms with Gasteiger partial charge in [0.2, 0.25) is 0 Å². The maximum absolute atomic E-state index is 5.27. The maximum atomic E-state index is 5.27. The molecule has 118 valence electrons. The second-order valence-corrected chi connectivity index (χ2v) is 7.82. The van der Waals surface area contributed by atoms with E-state index in [2.05, 4.69) is 31.8 Å². The fourth-order valence-electron chi connectivity index (χ4n) is 4.03. The fraction of sp³-hybridized carbons (Fsp3) is 0.588. The number of likely N-dealkylation sites (tertiary alicyclic amines) is 2. The Balaban J connectivity index is 1.31. The van der Waals surface area contributed by atoms with E-state index in [9.17, 15) is 0 Å². The second kappa shape index (κ2) is 5.48. The number of aryl methyl sites for hydroxylation is 2. The van der Waals surface area contributed by atoms with Crippen LogP contribution >= 0.6 is 11.3 Å². The van der Waals surface area contributed by atoms with E-state index in [4.69, 9.17) is 4.52 Å². The number of rotatable bonds is 4. The minimum atomic E-state index is 0.537. The molecule has 5 heteroatoms. The first kappa shape index (κ1) is 14.4. The number of hydrogen-bond acceptors (Lipinski definition) is 5. The molecule has 4 rings (SSSR count). The Kier molecular flexibility index (Phi) is 3.59. The van der Waals surface area contributed by atoms with Gasteiger partial charge in [-0.3, -0.25) is 9.80 Å². The summed E-state index contributed by atoms with van der Waals surface area (Å²) in [7, 11) is 0. The molecule has 0 saturated carbocycles. The molecule has 0 N–H and O–H groups in total. The summed E-state index contributed by atoms with van der Waals surface area (Å²) < 4.78 is 5.27. The van der Waals surface area contributed by atoms with E-state index >= 15 is 0 Å². The van der Waals surface area contributed by atoms with Crippen LogP contribution in [0.2, 0.25) is 0 Å². The van der Waals surface area contributed by atoms with Gasteiger partial charge in [-0.05, 0) is 49.2 Å². The molecule has 22 heavy (non-hydrogen) atoms. The predicted molar refractivity (Wildman–Crippen MR) is 87.9 cm³/mol. The van der Waals surface area contributed by atoms with Crippen LogP contribution in [0.15, 0.2) is 21.3 Å². The summed E-state index contributed by atoms with van der Waals surface area (Å²) in [5, 5.41) is 8.51. The van der Waals surface area contributed by atoms with Crippen LogP contribution in [0.25, 0.3) is 0 Å². The molecule has 0 bridgehead atoms. The quantitative estimate of drug-likeness (QED) is 0.867. The van der Waals surface area contributed by atoms with Crippen molar-refractivity contribution < 1.29 is 4.52 Å². The van der Waals surface area contributed by atoms with Crippen LogP contribution in [-0.2, 0) is 13.1 Å². The molecule has 4 heterocycles. The third-order valence-corrected chi connectivity index (χ3v) is 5.92. The van der Waals surface area contributed by atoms with Crippen LogP contribution < -0.4 is 0 Å². The molecular weight excluding hydrogens is 294 g/mol. The van der Waals surface area contributed by atoms with Crippen molar-refractivity contribution in [2.45, 2.75) is 33.4 Å². The van der Waals surface area contributed by atoms with Gasteiger partial charge in [-0.25, -0.2) is 0 Å². The maximum Gasteiger partial charge on any atom is 0.138 e. The largest absolute Gasteiger partial charge is 0.361 e. The second-order valence-electron chi connectivity index (χ2n) is 7.04. The minimum absolute atomic E-state index is 0.537. The lowest BCUT2D eigenvalue weighted by Gasteiger charge is -2.48. The van der Waals surface area contributed by atoms with Crippen LogP contribution in [0.4, 0.5) is 0 Å². The van der Waals surface area contributed by atoms with Crippen molar-refractivity contribution in [3.05, 3.63) is 39.4 Å². The smallest absolute Gasteiger partial charge is 0.138 e. The first-order valence-corrected chi connectivity index (χ1v) is 8.95. The van der Waals surface area contributed by atoms with E-state index in [-0.39, 0.29) is 0 Å². The van der Waals surface area contributed by atoms with Crippen LogP contribution in [0.5, 0.6) is 0 Å². The van der Waals surface area contributed by atoms with Crippen LogP contribution in [-0.4, -0.2) is 41.1 Å². The Morgan fingerprint density at radius 3 is 2.73 bits per heavy atom. The third kappa shape index (κ3) is 2.62. The molecular formula is C17H23N3OS. The van der Waals surface area contributed by atoms with Crippen molar-refractivity contribution in [1.29, 1.82) is 0 Å². The average Bonchev–Trinajstić information content (AvgIpc) is 3.16. The average molecular weight is 317 g/mol. The summed E-state index contributed by atoms with van der Waals surface area (Å²) in [5.41, 5.74) is 4.33. The highest BCUT2D eigenvalue weighted by atomic mass is 32.1. The topological polar surface area (TPSA) is 32.5 Å². The van der Waals surface area contributed by atoms with Gasteiger partial charge in [0.15, 0.2) is 0 Å². The van der Waals surface area contributed by atoms with Gasteiger partial charge in [0.25, 0.3) is 0 Å². The first-order chi connectivity index (χ1) is 10.6. The summed E-state index contributed by atoms with van der Waals surface area (Å²) in [6, 6.07) is 2.25. The normalized spacial score (nSPS) is 21.5. The highest BCUT2D eigenvalue weighted by Gasteiger charge is 2.47. The molecule has 2 aromatic rings. The van der Waals surface area contributed by atoms with E-state index in [1.807, 2.05) is 13.8 Å². The first-order valence-electron chi connectivity index (χ1n) is 8.01. The zero-order valence-corrected chi connectivity index (χ0v) is 14.2. The third-order valence-electron chi connectivity index (χ3n) is 5.18. The molecule has 1 spiro atoms. The van der Waals surface area contributed by atoms with Gasteiger partial charge in [0, 0.05) is 43.7 Å². The SMILES string of the molecule is Cc1noc(C)c1CN1CC2(CCN(Cc3ccsc3)C2)C1. The monoisotopic (exact) mass is 317 g/mol. The summed E-state index contributed by atoms with van der Waals surface area (Å²) >= 11 is 1.80. The molecule has 4 nitrogen and oxygen atoms in total. The number of hydrogen-bond donors (Lipinski definition) is 0. The Morgan fingerprint density at radius 2 is 2.05 bits per heavy atom. The summed E-state index contributed by atoms with van der Waals surface area (Å²) in [4.78, 5) is 5.16. The molecule has 0 aliphatic carbocycles. The van der Waals surface area contributed by atoms with Gasteiger partial charge in [-0.15, -0.1) is 0 Å². The van der Waals surface area contributed by atoms with Crippen molar-refractivity contribution in [2.24, 2.45) is 5.41 Å². The molecule has 0 atom stereocenters. The van der Waals surface area contributed by atoms with Gasteiger partial charge in [0.1, 0.15) is 5.76 Å². The summed E-state index contributed by atoms with van der Waals surface area (Å²) in [5.74, 6) is 0.976. The van der Waals surface area contributed by atoms with E-state index < -0.39 is 0 Å². The van der Waals surface area contributed by atoms with Gasteiger partial charge < -0.3 is 4.52 Å². The predicted octanol–water partition coefficient (Wildman–Crippen LogP) is 3.06. The van der Waals surface area contributed by atoms with Gasteiger partial charge in [-0.1, -0.05) is 5.16 Å². The molecule has 2 fully saturated rings. The lowest BCUT2D eigenvalue weighted by Crippen LogP contribution is -2.56. The number of thiophene rings is 1. The van der Waals surface area contributed by atoms with Crippen molar-refractivity contribution in [3.63, 3.8) is 0 Å². The molecule has 0 radical (unpaired) electrons. The molecule has 2 aromatic heterocycles. The Hall–Kier alpha value is -1.17. The van der Waals surface area contributed by atoms with Crippen molar-refractivity contribution in [2.75, 3.05) is 26.2 Å². The Labute approximate surface area is 135 Å². The van der Waals surface area contributed by atoms with E-state index in [1.165, 1.54) is 43.7 Å². The minimum Gasteiger partial charge on any atom is -0.361 e. The van der Waals surface area contributed by atoms with Gasteiger partial charge in [0.05, 0.1) is 5.69 Å². The summed E-state index contributed by atoms with van der Waals surface area (Å²) in [6.07, 6.45) is 1.34. The molecule has 0 aromatic carbocycles. The van der Waals surface area contributed by atoms with Gasteiger partial charge >= 0.3 is 0 Å². The van der Waals surface area contributed by atoms with Crippen LogP contribution in [0.3, 0.4) is 0 Å². The zero-order valence-electron chi connectivity index (χ0n) is 13.3. The van der Waals surface area contributed by atoms with Crippen molar-refractivity contribution in [3.8, 4) is 0 Å². The standard InChI is InChI=1S/C17H23N3OS/c1-13-16(14(2)21-18-13)8-20-11-17(12-20)4-5-19(10-17)7-15-3-6-22-9-15/h3,6,9H,4-5,7-8,10-12H2,1-2H3. The lowest BCUT2D eigenvalue weighted by molar-refractivity contribution is 0.00122. The highest BCUT2D eigenvalue weighted by Crippen LogP contribution is 2.41. The highest BCUT2D eigenvalue weighted by molar-refractivity contribution is 7.07. The van der Waals surface area contributed by atoms with E-state index in [1.54, 1.807) is 11.3 Å². The van der Waals surface area contributed by atoms with Crippen molar-refractivity contribution in [1.82, 2.24) is 15.0 Å². The zero-order chi connectivity index (χ0) is 15.2. The molecule has 2 aliphatic rings. The van der Waals surface area contributed by atoms with E-state index in [0.29, 0.717) is 5.41 Å². The van der Waals surface area contributed by atoms with Crippen LogP contribution in [0.1, 0.15) is 29.0 Å². The number of nitrogens with zero attached hydrogens (tertiary/aromatic N) is 3. The fourth-order valence-corrected chi connectivity index (χ4v) is 4.69. The van der Waals surface area contributed by atoms with Crippen molar-refractivity contribution >= 4 is 11.3 Å². The Bertz CT molecular complexity index is 623. The number of aromatic nitrogens is 1. The Morgan fingerprint density at radius 1 is 1.23 bits per heavy atom. The molecule has 2 aliphatic heterocycles. The molecule has 2 saturated heterocycles. The van der Waals surface area contributed by atoms with Crippen LogP contribution in [0, 0.1) is 19.3 Å². The lowest BCUT2D eigenvalue weighted by atomic mass is 9.79. The van der Waals surface area contributed by atoms with Gasteiger partial charge in [-0.2, -0.15) is 11.3 Å². The summed E-state index contributed by atoms with van der Waals surface area (Å²) in [6.45, 7) is 11.1. The van der Waals surface area contributed by atoms with E-state index in [0.717, 1.165) is 24.5 Å².